The smallest absolute Gasteiger partial charge is 0.0379 e. The van der Waals surface area contributed by atoms with E-state index >= 15 is 0 Å². The van der Waals surface area contributed by atoms with Crippen molar-refractivity contribution in [1.82, 2.24) is 4.90 Å². The Labute approximate surface area is 136 Å². The lowest BCUT2D eigenvalue weighted by Gasteiger charge is -2.41. The monoisotopic (exact) mass is 300 g/mol. The normalized spacial score (nSPS) is 25.1. The predicted octanol–water partition coefficient (Wildman–Crippen LogP) is 4.58. The van der Waals surface area contributed by atoms with E-state index in [4.69, 9.17) is 0 Å². The highest BCUT2D eigenvalue weighted by Gasteiger charge is 2.41. The SMILES string of the molecule is Cc1ccc2c(c1)C1(CCN(CC3CCCCC3)CC1)CN2.[HH]. The minimum atomic E-state index is 0. The number of aryl methyl sites for hydroxylation is 1. The van der Waals surface area contributed by atoms with E-state index in [0.717, 1.165) is 12.5 Å². The molecule has 2 nitrogen and oxygen atoms in total. The average Bonchev–Trinajstić information content (AvgIpc) is 2.89. The summed E-state index contributed by atoms with van der Waals surface area (Å²) in [7, 11) is 0. The largest absolute Gasteiger partial charge is 0.384 e. The Kier molecular flexibility index (Phi) is 3.89. The molecule has 0 radical (unpaired) electrons. The fraction of sp³-hybridized carbons (Fsp3) is 0.700. The van der Waals surface area contributed by atoms with Crippen LogP contribution in [0.1, 0.15) is 57.5 Å². The first-order valence-electron chi connectivity index (χ1n) is 9.33. The molecule has 0 atom stereocenters. The van der Waals surface area contributed by atoms with Crippen LogP contribution in [0.2, 0.25) is 0 Å². The van der Waals surface area contributed by atoms with Crippen molar-refractivity contribution < 1.29 is 1.43 Å². The van der Waals surface area contributed by atoms with Gasteiger partial charge in [0.25, 0.3) is 0 Å². The number of benzene rings is 1. The number of nitrogens with zero attached hydrogens (tertiary/aromatic N) is 1. The zero-order chi connectivity index (χ0) is 15.0. The molecule has 3 aliphatic rings. The topological polar surface area (TPSA) is 15.3 Å². The van der Waals surface area contributed by atoms with E-state index < -0.39 is 0 Å². The van der Waals surface area contributed by atoms with Gasteiger partial charge in [-0.15, -0.1) is 0 Å². The molecule has 2 fully saturated rings. The molecule has 1 aromatic carbocycles. The van der Waals surface area contributed by atoms with E-state index in [0.29, 0.717) is 5.41 Å². The van der Waals surface area contributed by atoms with Gasteiger partial charge in [-0.2, -0.15) is 0 Å². The Bertz CT molecular complexity index is 528. The maximum atomic E-state index is 3.67. The van der Waals surface area contributed by atoms with Gasteiger partial charge in [-0.3, -0.25) is 0 Å². The molecule has 2 aliphatic heterocycles. The van der Waals surface area contributed by atoms with Crippen LogP contribution in [0.25, 0.3) is 0 Å². The third kappa shape index (κ3) is 2.67. The molecule has 0 bridgehead atoms. The molecule has 4 rings (SSSR count). The minimum Gasteiger partial charge on any atom is -0.384 e. The fourth-order valence-electron chi connectivity index (χ4n) is 4.96. The van der Waals surface area contributed by atoms with Crippen LogP contribution < -0.4 is 5.32 Å². The maximum absolute atomic E-state index is 3.67. The van der Waals surface area contributed by atoms with Gasteiger partial charge in [-0.25, -0.2) is 0 Å². The van der Waals surface area contributed by atoms with Crippen LogP contribution >= 0.6 is 0 Å². The first-order chi connectivity index (χ1) is 10.8. The summed E-state index contributed by atoms with van der Waals surface area (Å²) in [6, 6.07) is 6.96. The second kappa shape index (κ2) is 5.88. The van der Waals surface area contributed by atoms with Crippen LogP contribution in [-0.4, -0.2) is 31.1 Å². The lowest BCUT2D eigenvalue weighted by atomic mass is 9.73. The van der Waals surface area contributed by atoms with E-state index in [-0.39, 0.29) is 1.43 Å². The quantitative estimate of drug-likeness (QED) is 0.860. The molecule has 1 aromatic rings. The van der Waals surface area contributed by atoms with E-state index in [9.17, 15) is 0 Å². The lowest BCUT2D eigenvalue weighted by molar-refractivity contribution is 0.135. The van der Waals surface area contributed by atoms with Crippen molar-refractivity contribution in [3.63, 3.8) is 0 Å². The highest BCUT2D eigenvalue weighted by atomic mass is 15.1. The highest BCUT2D eigenvalue weighted by molar-refractivity contribution is 5.61. The summed E-state index contributed by atoms with van der Waals surface area (Å²) >= 11 is 0. The van der Waals surface area contributed by atoms with Crippen LogP contribution in [0, 0.1) is 12.8 Å². The highest BCUT2D eigenvalue weighted by Crippen LogP contribution is 2.44. The second-order valence-electron chi connectivity index (χ2n) is 7.99. The zero-order valence-corrected chi connectivity index (χ0v) is 14.0. The van der Waals surface area contributed by atoms with E-state index in [1.807, 2.05) is 0 Å². The number of fused-ring (bicyclic) bond motifs is 2. The number of hydrogen-bond donors (Lipinski definition) is 1. The second-order valence-corrected chi connectivity index (χ2v) is 7.99. The molecule has 122 valence electrons. The van der Waals surface area contributed by atoms with Gasteiger partial charge in [0.1, 0.15) is 0 Å². The molecular weight excluding hydrogens is 268 g/mol. The molecule has 0 unspecified atom stereocenters. The molecule has 1 spiro atoms. The number of rotatable bonds is 2. The Balaban J connectivity index is 0.00000156. The van der Waals surface area contributed by atoms with Crippen molar-refractivity contribution in [3.05, 3.63) is 29.3 Å². The maximum Gasteiger partial charge on any atom is 0.0379 e. The van der Waals surface area contributed by atoms with Crippen LogP contribution in [-0.2, 0) is 5.41 Å². The van der Waals surface area contributed by atoms with Crippen LogP contribution in [0.3, 0.4) is 0 Å². The van der Waals surface area contributed by atoms with Gasteiger partial charge in [0, 0.05) is 25.6 Å². The van der Waals surface area contributed by atoms with Crippen molar-refractivity contribution in [2.45, 2.75) is 57.3 Å². The van der Waals surface area contributed by atoms with Crippen LogP contribution in [0.15, 0.2) is 18.2 Å². The van der Waals surface area contributed by atoms with Crippen molar-refractivity contribution in [3.8, 4) is 0 Å². The van der Waals surface area contributed by atoms with Gasteiger partial charge in [0.05, 0.1) is 0 Å². The molecule has 1 aliphatic carbocycles. The van der Waals surface area contributed by atoms with Crippen molar-refractivity contribution in [2.24, 2.45) is 5.92 Å². The lowest BCUT2D eigenvalue weighted by Crippen LogP contribution is -2.45. The van der Waals surface area contributed by atoms with Crippen LogP contribution in [0.4, 0.5) is 5.69 Å². The van der Waals surface area contributed by atoms with Gasteiger partial charge in [0.2, 0.25) is 0 Å². The molecule has 2 heterocycles. The summed E-state index contributed by atoms with van der Waals surface area (Å²) < 4.78 is 0. The van der Waals surface area contributed by atoms with E-state index in [1.54, 1.807) is 5.56 Å². The zero-order valence-electron chi connectivity index (χ0n) is 14.0. The van der Waals surface area contributed by atoms with Crippen molar-refractivity contribution in [1.29, 1.82) is 0 Å². The number of hydrogen-bond acceptors (Lipinski definition) is 2. The number of nitrogens with one attached hydrogen (secondary N) is 1. The Morgan fingerprint density at radius 1 is 1.18 bits per heavy atom. The first-order valence-corrected chi connectivity index (χ1v) is 9.33. The van der Waals surface area contributed by atoms with Gasteiger partial charge in [-0.1, -0.05) is 37.0 Å². The van der Waals surface area contributed by atoms with E-state index in [1.165, 1.54) is 75.8 Å². The Morgan fingerprint density at radius 2 is 1.95 bits per heavy atom. The molecule has 1 saturated carbocycles. The summed E-state index contributed by atoms with van der Waals surface area (Å²) in [5.41, 5.74) is 4.83. The number of anilines is 1. The third-order valence-electron chi connectivity index (χ3n) is 6.42. The van der Waals surface area contributed by atoms with E-state index in [2.05, 4.69) is 35.3 Å². The Hall–Kier alpha value is -1.02. The molecule has 22 heavy (non-hydrogen) atoms. The molecular formula is C20H32N2. The fourth-order valence-corrected chi connectivity index (χ4v) is 4.96. The predicted molar refractivity (Wildman–Crippen MR) is 95.7 cm³/mol. The molecule has 0 aromatic heterocycles. The Morgan fingerprint density at radius 3 is 2.73 bits per heavy atom. The van der Waals surface area contributed by atoms with Gasteiger partial charge >= 0.3 is 0 Å². The molecule has 0 amide bonds. The summed E-state index contributed by atoms with van der Waals surface area (Å²) in [5, 5.41) is 3.67. The molecule has 1 saturated heterocycles. The average molecular weight is 300 g/mol. The van der Waals surface area contributed by atoms with Crippen LogP contribution in [0.5, 0.6) is 0 Å². The van der Waals surface area contributed by atoms with Crippen molar-refractivity contribution in [2.75, 3.05) is 31.5 Å². The first kappa shape index (κ1) is 14.6. The summed E-state index contributed by atoms with van der Waals surface area (Å²) in [5.74, 6) is 0.985. The van der Waals surface area contributed by atoms with Gasteiger partial charge in [-0.05, 0) is 63.2 Å². The number of piperidine rings is 1. The number of likely N-dealkylation sites (tertiary alicyclic amines) is 1. The summed E-state index contributed by atoms with van der Waals surface area (Å²) in [6.45, 7) is 7.34. The summed E-state index contributed by atoms with van der Waals surface area (Å²) in [4.78, 5) is 2.76. The standard InChI is InChI=1S/C20H30N2.H2/c1-16-7-8-19-18(13-16)20(15-21-19)9-11-22(12-10-20)14-17-5-3-2-4-6-17;/h7-8,13,17,21H,2-6,9-12,14-15H2,1H3;1H. The van der Waals surface area contributed by atoms with Crippen molar-refractivity contribution >= 4 is 5.69 Å². The molecule has 2 heteroatoms. The van der Waals surface area contributed by atoms with Gasteiger partial charge < -0.3 is 10.2 Å². The minimum absolute atomic E-state index is 0. The molecule has 1 N–H and O–H groups in total. The summed E-state index contributed by atoms with van der Waals surface area (Å²) in [6.07, 6.45) is 10.0. The van der Waals surface area contributed by atoms with Gasteiger partial charge in [0.15, 0.2) is 0 Å². The third-order valence-corrected chi connectivity index (χ3v) is 6.42.